The smallest absolute Gasteiger partial charge is 0.185 e. The third-order valence-electron chi connectivity index (χ3n) is 4.67. The summed E-state index contributed by atoms with van der Waals surface area (Å²) in [5.41, 5.74) is 1.56. The van der Waals surface area contributed by atoms with Crippen molar-refractivity contribution in [1.29, 1.82) is 0 Å². The number of carbonyl (C=O) groups is 1. The minimum absolute atomic E-state index is 0.0932. The first-order valence-corrected chi connectivity index (χ1v) is 11.7. The number of ketones is 1. The maximum atomic E-state index is 12.9. The molecular weight excluding hydrogens is 424 g/mol. The van der Waals surface area contributed by atoms with Gasteiger partial charge in [0.2, 0.25) is 0 Å². The molecule has 0 N–H and O–H groups in total. The predicted octanol–water partition coefficient (Wildman–Crippen LogP) is 7.80. The summed E-state index contributed by atoms with van der Waals surface area (Å²) >= 11 is 0. The van der Waals surface area contributed by atoms with E-state index in [1.807, 2.05) is 53.7 Å². The van der Waals surface area contributed by atoms with Crippen LogP contribution in [0.2, 0.25) is 0 Å². The van der Waals surface area contributed by atoms with Crippen LogP contribution in [-0.2, 0) is 5.41 Å². The molecule has 0 heterocycles. The summed E-state index contributed by atoms with van der Waals surface area (Å²) in [5, 5.41) is 0. The largest absolute Gasteiger partial charge is 0.490 e. The summed E-state index contributed by atoms with van der Waals surface area (Å²) in [6.45, 7) is 22.6. The molecule has 0 aliphatic carbocycles. The Morgan fingerprint density at radius 2 is 1.41 bits per heavy atom. The van der Waals surface area contributed by atoms with Crippen LogP contribution in [-0.4, -0.2) is 23.6 Å². The van der Waals surface area contributed by atoms with Crippen LogP contribution in [0.3, 0.4) is 0 Å². The highest BCUT2D eigenvalue weighted by atomic mass is 16.5. The van der Waals surface area contributed by atoms with E-state index in [9.17, 15) is 4.79 Å². The molecule has 0 aliphatic heterocycles. The normalized spacial score (nSPS) is 12.5. The standard InChI is InChI=1S/C30H40O4/c1-11-18-32-23-15-12-21(13-16-23)25(31)17-14-22-19-24(28(2,3)4)27(34-30(8,9)10)20-26(22)33-29(5,6)7/h11-17,19-20H,1,18H2,2-10H3/b17-14+. The number of hydrogen-bond donors (Lipinski definition) is 0. The van der Waals surface area contributed by atoms with Crippen molar-refractivity contribution in [3.05, 3.63) is 71.8 Å². The molecule has 2 aromatic rings. The van der Waals surface area contributed by atoms with E-state index in [2.05, 4.69) is 33.4 Å². The van der Waals surface area contributed by atoms with Crippen LogP contribution in [0.5, 0.6) is 17.2 Å². The Bertz CT molecular complexity index is 1020. The summed E-state index contributed by atoms with van der Waals surface area (Å²) in [7, 11) is 0. The number of benzene rings is 2. The summed E-state index contributed by atoms with van der Waals surface area (Å²) in [5.74, 6) is 2.07. The van der Waals surface area contributed by atoms with E-state index in [4.69, 9.17) is 14.2 Å². The van der Waals surface area contributed by atoms with Gasteiger partial charge in [-0.2, -0.15) is 0 Å². The minimum Gasteiger partial charge on any atom is -0.490 e. The Morgan fingerprint density at radius 3 is 1.91 bits per heavy atom. The Labute approximate surface area is 205 Å². The van der Waals surface area contributed by atoms with Gasteiger partial charge in [-0.1, -0.05) is 33.4 Å². The van der Waals surface area contributed by atoms with Crippen molar-refractivity contribution in [2.45, 2.75) is 78.9 Å². The highest BCUT2D eigenvalue weighted by Crippen LogP contribution is 2.40. The maximum Gasteiger partial charge on any atom is 0.185 e. The molecule has 0 unspecified atom stereocenters. The Balaban J connectivity index is 2.47. The zero-order valence-electron chi connectivity index (χ0n) is 22.2. The lowest BCUT2D eigenvalue weighted by Gasteiger charge is -2.30. The molecule has 0 saturated carbocycles. The van der Waals surface area contributed by atoms with Crippen LogP contribution in [0, 0.1) is 0 Å². The van der Waals surface area contributed by atoms with E-state index < -0.39 is 5.60 Å². The van der Waals surface area contributed by atoms with Gasteiger partial charge in [-0.25, -0.2) is 0 Å². The monoisotopic (exact) mass is 464 g/mol. The van der Waals surface area contributed by atoms with Crippen molar-refractivity contribution in [2.24, 2.45) is 0 Å². The molecule has 4 heteroatoms. The first kappa shape index (κ1) is 27.2. The number of carbonyl (C=O) groups excluding carboxylic acids is 1. The number of hydrogen-bond acceptors (Lipinski definition) is 4. The van der Waals surface area contributed by atoms with Gasteiger partial charge in [-0.15, -0.1) is 0 Å². The van der Waals surface area contributed by atoms with Gasteiger partial charge in [-0.3, -0.25) is 4.79 Å². The Hall–Kier alpha value is -3.01. The van der Waals surface area contributed by atoms with Crippen molar-refractivity contribution in [1.82, 2.24) is 0 Å². The SMILES string of the molecule is C=CCOc1ccc(C(=O)/C=C/c2cc(C(C)(C)C)c(OC(C)(C)C)cc2OC(C)(C)C)cc1. The van der Waals surface area contributed by atoms with Crippen molar-refractivity contribution in [3.63, 3.8) is 0 Å². The van der Waals surface area contributed by atoms with Gasteiger partial charge >= 0.3 is 0 Å². The zero-order chi connectivity index (χ0) is 25.7. The van der Waals surface area contributed by atoms with Crippen LogP contribution in [0.25, 0.3) is 6.08 Å². The second kappa shape index (κ2) is 10.5. The third kappa shape index (κ3) is 8.40. The third-order valence-corrected chi connectivity index (χ3v) is 4.67. The molecule has 2 aromatic carbocycles. The van der Waals surface area contributed by atoms with Gasteiger partial charge < -0.3 is 14.2 Å². The molecule has 0 bridgehead atoms. The summed E-state index contributed by atoms with van der Waals surface area (Å²) < 4.78 is 18.1. The minimum atomic E-state index is -0.407. The molecule has 184 valence electrons. The molecule has 0 atom stereocenters. The van der Waals surface area contributed by atoms with E-state index in [1.165, 1.54) is 0 Å². The van der Waals surface area contributed by atoms with Gasteiger partial charge in [0.1, 0.15) is 35.1 Å². The van der Waals surface area contributed by atoms with Crippen LogP contribution in [0.4, 0.5) is 0 Å². The summed E-state index contributed by atoms with van der Waals surface area (Å²) in [6.07, 6.45) is 5.09. The highest BCUT2D eigenvalue weighted by Gasteiger charge is 2.26. The van der Waals surface area contributed by atoms with Gasteiger partial charge in [0.25, 0.3) is 0 Å². The van der Waals surface area contributed by atoms with E-state index in [0.29, 0.717) is 23.7 Å². The fourth-order valence-electron chi connectivity index (χ4n) is 3.26. The van der Waals surface area contributed by atoms with Crippen molar-refractivity contribution in [2.75, 3.05) is 6.61 Å². The van der Waals surface area contributed by atoms with Gasteiger partial charge in [-0.05, 0) is 89.4 Å². The van der Waals surface area contributed by atoms with E-state index in [0.717, 1.165) is 16.9 Å². The lowest BCUT2D eigenvalue weighted by Crippen LogP contribution is -2.27. The van der Waals surface area contributed by atoms with E-state index in [-0.39, 0.29) is 16.8 Å². The summed E-state index contributed by atoms with van der Waals surface area (Å²) in [4.78, 5) is 12.9. The van der Waals surface area contributed by atoms with Crippen molar-refractivity contribution in [3.8, 4) is 17.2 Å². The van der Waals surface area contributed by atoms with Gasteiger partial charge in [0.15, 0.2) is 5.78 Å². The molecule has 0 fully saturated rings. The Morgan fingerprint density at radius 1 is 0.853 bits per heavy atom. The topological polar surface area (TPSA) is 44.8 Å². The average Bonchev–Trinajstić information content (AvgIpc) is 2.68. The molecule has 0 amide bonds. The first-order valence-electron chi connectivity index (χ1n) is 11.7. The van der Waals surface area contributed by atoms with E-state index in [1.54, 1.807) is 36.4 Å². The highest BCUT2D eigenvalue weighted by molar-refractivity contribution is 6.07. The molecule has 0 aliphatic rings. The van der Waals surface area contributed by atoms with Crippen LogP contribution < -0.4 is 14.2 Å². The molecule has 4 nitrogen and oxygen atoms in total. The quantitative estimate of drug-likeness (QED) is 0.227. The van der Waals surface area contributed by atoms with E-state index >= 15 is 0 Å². The fourth-order valence-corrected chi connectivity index (χ4v) is 3.26. The number of rotatable bonds is 8. The predicted molar refractivity (Wildman–Crippen MR) is 141 cm³/mol. The van der Waals surface area contributed by atoms with Crippen LogP contribution >= 0.6 is 0 Å². The molecule has 2 rings (SSSR count). The maximum absolute atomic E-state index is 12.9. The lowest BCUT2D eigenvalue weighted by molar-refractivity contribution is 0.104. The molecule has 0 radical (unpaired) electrons. The van der Waals surface area contributed by atoms with Crippen LogP contribution in [0.1, 0.15) is 83.8 Å². The summed E-state index contributed by atoms with van der Waals surface area (Å²) in [6, 6.07) is 11.1. The number of allylic oxidation sites excluding steroid dienone is 1. The first-order chi connectivity index (χ1) is 15.6. The average molecular weight is 465 g/mol. The number of ether oxygens (including phenoxy) is 3. The van der Waals surface area contributed by atoms with Gasteiger partial charge in [0.05, 0.1) is 0 Å². The van der Waals surface area contributed by atoms with Crippen molar-refractivity contribution < 1.29 is 19.0 Å². The molecular formula is C30H40O4. The lowest BCUT2D eigenvalue weighted by atomic mass is 9.85. The Kier molecular flexibility index (Phi) is 8.41. The molecule has 34 heavy (non-hydrogen) atoms. The zero-order valence-corrected chi connectivity index (χ0v) is 22.2. The molecule has 0 spiro atoms. The molecule has 0 aromatic heterocycles. The van der Waals surface area contributed by atoms with Crippen LogP contribution in [0.15, 0.2) is 55.1 Å². The second-order valence-electron chi connectivity index (χ2n) is 11.4. The fraction of sp³-hybridized carbons (Fsp3) is 0.433. The van der Waals surface area contributed by atoms with Crippen molar-refractivity contribution >= 4 is 11.9 Å². The molecule has 0 saturated heterocycles. The second-order valence-corrected chi connectivity index (χ2v) is 11.4. The van der Waals surface area contributed by atoms with Gasteiger partial charge in [0, 0.05) is 22.8 Å².